The number of ketones is 1. The summed E-state index contributed by atoms with van der Waals surface area (Å²) in [6.45, 7) is 3.26. The van der Waals surface area contributed by atoms with Crippen molar-refractivity contribution in [3.8, 4) is 0 Å². The molecule has 0 bridgehead atoms. The van der Waals surface area contributed by atoms with Gasteiger partial charge in [0, 0.05) is 24.9 Å². The highest BCUT2D eigenvalue weighted by molar-refractivity contribution is 7.07. The summed E-state index contributed by atoms with van der Waals surface area (Å²) >= 11 is 1.24. The standard InChI is InChI=1S/C20H18N2O4S/c23-16(17-2-1-9-26-17)13-19-21-20(24)18(27-19)12-14-3-5-15(6-4-14)22-7-10-25-11-8-22/h1-6,9,12-13H,7-8,10-11H2,(H,21,24)/b18-12+,19-13+. The van der Waals surface area contributed by atoms with Gasteiger partial charge in [-0.1, -0.05) is 12.1 Å². The largest absolute Gasteiger partial charge is 0.461 e. The zero-order chi connectivity index (χ0) is 18.6. The van der Waals surface area contributed by atoms with Crippen molar-refractivity contribution in [1.82, 2.24) is 4.98 Å². The smallest absolute Gasteiger partial charge is 0.266 e. The van der Waals surface area contributed by atoms with Gasteiger partial charge in [-0.3, -0.25) is 9.59 Å². The van der Waals surface area contributed by atoms with Crippen LogP contribution in [0.25, 0.3) is 12.2 Å². The lowest BCUT2D eigenvalue weighted by Crippen LogP contribution is -2.36. The number of hydrogen-bond acceptors (Lipinski definition) is 6. The first-order valence-electron chi connectivity index (χ1n) is 8.62. The number of H-pyrrole nitrogens is 1. The Kier molecular flexibility index (Phi) is 5.04. The molecule has 27 heavy (non-hydrogen) atoms. The zero-order valence-electron chi connectivity index (χ0n) is 14.5. The number of morpholine rings is 1. The van der Waals surface area contributed by atoms with Crippen molar-refractivity contribution in [3.63, 3.8) is 0 Å². The number of aromatic amines is 1. The van der Waals surface area contributed by atoms with E-state index in [0.717, 1.165) is 37.6 Å². The van der Waals surface area contributed by atoms with E-state index in [1.165, 1.54) is 23.7 Å². The lowest BCUT2D eigenvalue weighted by atomic mass is 10.2. The summed E-state index contributed by atoms with van der Waals surface area (Å²) in [6.07, 6.45) is 4.64. The minimum atomic E-state index is -0.279. The molecule has 1 fully saturated rings. The second kappa shape index (κ2) is 7.77. The Balaban J connectivity index is 1.58. The van der Waals surface area contributed by atoms with Gasteiger partial charge >= 0.3 is 0 Å². The number of rotatable bonds is 4. The summed E-state index contributed by atoms with van der Waals surface area (Å²) in [6, 6.07) is 11.3. The molecule has 138 valence electrons. The molecule has 2 aromatic heterocycles. The van der Waals surface area contributed by atoms with Gasteiger partial charge in [-0.2, -0.15) is 0 Å². The Bertz CT molecular complexity index is 1090. The second-order valence-electron chi connectivity index (χ2n) is 6.11. The molecule has 6 nitrogen and oxygen atoms in total. The van der Waals surface area contributed by atoms with Crippen LogP contribution < -0.4 is 19.7 Å². The van der Waals surface area contributed by atoms with E-state index >= 15 is 0 Å². The molecular weight excluding hydrogens is 364 g/mol. The number of thiazole rings is 1. The highest BCUT2D eigenvalue weighted by Crippen LogP contribution is 2.16. The third kappa shape index (κ3) is 4.10. The Labute approximate surface area is 159 Å². The number of carbonyl (C=O) groups is 1. The van der Waals surface area contributed by atoms with Crippen molar-refractivity contribution in [2.45, 2.75) is 0 Å². The number of benzene rings is 1. The Hall–Kier alpha value is -2.90. The molecule has 0 atom stereocenters. The lowest BCUT2D eigenvalue weighted by molar-refractivity contribution is 0.103. The minimum Gasteiger partial charge on any atom is -0.461 e. The van der Waals surface area contributed by atoms with Crippen LogP contribution >= 0.6 is 11.3 Å². The molecule has 0 aliphatic carbocycles. The molecule has 1 saturated heterocycles. The van der Waals surface area contributed by atoms with Crippen LogP contribution in [-0.4, -0.2) is 37.1 Å². The van der Waals surface area contributed by atoms with Crippen molar-refractivity contribution in [2.75, 3.05) is 31.2 Å². The van der Waals surface area contributed by atoms with E-state index in [0.29, 0.717) is 9.20 Å². The van der Waals surface area contributed by atoms with Gasteiger partial charge in [-0.05, 0) is 35.9 Å². The zero-order valence-corrected chi connectivity index (χ0v) is 15.3. The van der Waals surface area contributed by atoms with E-state index in [2.05, 4.69) is 9.88 Å². The molecule has 0 saturated carbocycles. The lowest BCUT2D eigenvalue weighted by Gasteiger charge is -2.28. The maximum atomic E-state index is 12.2. The molecule has 7 heteroatoms. The summed E-state index contributed by atoms with van der Waals surface area (Å²) < 4.78 is 11.5. The normalized spacial score (nSPS) is 16.1. The topological polar surface area (TPSA) is 75.5 Å². The van der Waals surface area contributed by atoms with Gasteiger partial charge in [0.1, 0.15) is 0 Å². The molecule has 4 rings (SSSR count). The van der Waals surface area contributed by atoms with Crippen LogP contribution in [0.5, 0.6) is 0 Å². The average Bonchev–Trinajstić information content (AvgIpc) is 3.34. The quantitative estimate of drug-likeness (QED) is 0.690. The van der Waals surface area contributed by atoms with Crippen LogP contribution in [-0.2, 0) is 4.74 Å². The highest BCUT2D eigenvalue weighted by Gasteiger charge is 2.10. The van der Waals surface area contributed by atoms with E-state index in [4.69, 9.17) is 9.15 Å². The maximum Gasteiger partial charge on any atom is 0.266 e. The molecule has 0 radical (unpaired) electrons. The Morgan fingerprint density at radius 3 is 2.63 bits per heavy atom. The van der Waals surface area contributed by atoms with Gasteiger partial charge in [0.25, 0.3) is 5.56 Å². The fraction of sp³-hybridized carbons (Fsp3) is 0.200. The first-order chi connectivity index (χ1) is 13.2. The van der Waals surface area contributed by atoms with Crippen LogP contribution in [0, 0.1) is 0 Å². The number of carbonyl (C=O) groups excluding carboxylic acids is 1. The molecule has 3 aromatic rings. The third-order valence-corrected chi connectivity index (χ3v) is 5.24. The first-order valence-corrected chi connectivity index (χ1v) is 9.44. The molecule has 1 N–H and O–H groups in total. The van der Waals surface area contributed by atoms with Gasteiger partial charge < -0.3 is 19.0 Å². The summed E-state index contributed by atoms with van der Waals surface area (Å²) in [4.78, 5) is 29.2. The van der Waals surface area contributed by atoms with Gasteiger partial charge in [0.05, 0.1) is 28.7 Å². The number of ether oxygens (including phenoxy) is 1. The first kappa shape index (κ1) is 17.5. The molecule has 0 amide bonds. The number of nitrogens with zero attached hydrogens (tertiary/aromatic N) is 1. The summed E-state index contributed by atoms with van der Waals surface area (Å²) in [7, 11) is 0. The van der Waals surface area contributed by atoms with Crippen LogP contribution in [0.1, 0.15) is 16.1 Å². The van der Waals surface area contributed by atoms with Crippen molar-refractivity contribution >= 4 is 35.0 Å². The molecule has 1 aliphatic rings. The average molecular weight is 382 g/mol. The monoisotopic (exact) mass is 382 g/mol. The van der Waals surface area contributed by atoms with Crippen LogP contribution in [0.3, 0.4) is 0 Å². The van der Waals surface area contributed by atoms with Gasteiger partial charge in [-0.25, -0.2) is 0 Å². The van der Waals surface area contributed by atoms with Crippen molar-refractivity contribution in [2.24, 2.45) is 0 Å². The van der Waals surface area contributed by atoms with Gasteiger partial charge in [0.15, 0.2) is 5.76 Å². The number of aromatic nitrogens is 1. The van der Waals surface area contributed by atoms with Crippen LogP contribution in [0.15, 0.2) is 51.9 Å². The molecular formula is C20H18N2O4S. The van der Waals surface area contributed by atoms with E-state index in [1.807, 2.05) is 30.3 Å². The Morgan fingerprint density at radius 1 is 1.15 bits per heavy atom. The summed E-state index contributed by atoms with van der Waals surface area (Å²) in [5.74, 6) is -0.0348. The SMILES string of the molecule is O=C(/C=c1\[nH]c(=O)/c(=C\c2ccc(N3CCOCC3)cc2)s1)c1ccco1. The predicted molar refractivity (Wildman–Crippen MR) is 105 cm³/mol. The molecule has 3 heterocycles. The van der Waals surface area contributed by atoms with Gasteiger partial charge in [0.2, 0.25) is 5.78 Å². The number of anilines is 1. The summed E-state index contributed by atoms with van der Waals surface area (Å²) in [5, 5.41) is 0. The number of Topliss-reactive ketones (excluding diaryl/α,β-unsaturated/α-hetero) is 1. The number of hydrogen-bond donors (Lipinski definition) is 1. The highest BCUT2D eigenvalue weighted by atomic mass is 32.1. The third-order valence-electron chi connectivity index (χ3n) is 4.27. The molecule has 0 unspecified atom stereocenters. The van der Waals surface area contributed by atoms with Crippen LogP contribution in [0.2, 0.25) is 0 Å². The second-order valence-corrected chi connectivity index (χ2v) is 7.19. The molecule has 1 aromatic carbocycles. The van der Waals surface area contributed by atoms with Crippen molar-refractivity contribution in [1.29, 1.82) is 0 Å². The Morgan fingerprint density at radius 2 is 1.93 bits per heavy atom. The van der Waals surface area contributed by atoms with Crippen molar-refractivity contribution < 1.29 is 13.9 Å². The summed E-state index contributed by atoms with van der Waals surface area (Å²) in [5.41, 5.74) is 1.87. The van der Waals surface area contributed by atoms with Gasteiger partial charge in [-0.15, -0.1) is 11.3 Å². The van der Waals surface area contributed by atoms with E-state index < -0.39 is 0 Å². The van der Waals surface area contributed by atoms with E-state index in [-0.39, 0.29) is 17.1 Å². The van der Waals surface area contributed by atoms with Crippen molar-refractivity contribution in [3.05, 3.63) is 73.5 Å². The van der Waals surface area contributed by atoms with Crippen LogP contribution in [0.4, 0.5) is 5.69 Å². The fourth-order valence-electron chi connectivity index (χ4n) is 2.89. The number of nitrogens with one attached hydrogen (secondary N) is 1. The van der Waals surface area contributed by atoms with E-state index in [1.54, 1.807) is 12.1 Å². The predicted octanol–water partition coefficient (Wildman–Crippen LogP) is 1.36. The minimum absolute atomic E-state index is 0.212. The molecule has 1 aliphatic heterocycles. The molecule has 0 spiro atoms. The number of furan rings is 1. The fourth-order valence-corrected chi connectivity index (χ4v) is 3.77. The maximum absolute atomic E-state index is 12.2. The van der Waals surface area contributed by atoms with E-state index in [9.17, 15) is 9.59 Å².